The Labute approximate surface area is 106 Å². The normalized spacial score (nSPS) is 11.3. The molecule has 0 saturated heterocycles. The van der Waals surface area contributed by atoms with Crippen molar-refractivity contribution in [3.63, 3.8) is 0 Å². The first-order valence-corrected chi connectivity index (χ1v) is 5.89. The second-order valence-electron chi connectivity index (χ2n) is 4.61. The largest absolute Gasteiger partial charge is 0.272 e. The number of hydrogen-bond acceptors (Lipinski definition) is 1. The fourth-order valence-corrected chi connectivity index (χ4v) is 1.64. The minimum absolute atomic E-state index is 0.0895. The number of benzene rings is 1. The molecule has 0 radical (unpaired) electrons. The van der Waals surface area contributed by atoms with Gasteiger partial charge in [0.05, 0.1) is 5.69 Å². The summed E-state index contributed by atoms with van der Waals surface area (Å²) in [6.45, 7) is 6.39. The van der Waals surface area contributed by atoms with Gasteiger partial charge in [-0.2, -0.15) is 0 Å². The predicted octanol–water partition coefficient (Wildman–Crippen LogP) is 3.71. The molecule has 0 aliphatic rings. The van der Waals surface area contributed by atoms with Crippen LogP contribution < -0.4 is 4.42 Å². The highest BCUT2D eigenvalue weighted by molar-refractivity contribution is 6.42. The summed E-state index contributed by atoms with van der Waals surface area (Å²) >= 11 is 11.2. The number of rotatable bonds is 2. The van der Waals surface area contributed by atoms with Crippen molar-refractivity contribution in [3.05, 3.63) is 29.8 Å². The molecule has 1 aromatic rings. The second-order valence-corrected chi connectivity index (χ2v) is 5.21. The van der Waals surface area contributed by atoms with Gasteiger partial charge in [-0.05, 0) is 23.1 Å². The van der Waals surface area contributed by atoms with Gasteiger partial charge in [-0.1, -0.05) is 32.9 Å². The number of amides is 1. The maximum Gasteiger partial charge on any atom is 0.256 e. The lowest BCUT2D eigenvalue weighted by Crippen LogP contribution is -2.21. The molecule has 1 rings (SSSR count). The summed E-state index contributed by atoms with van der Waals surface area (Å²) in [7, 11) is 0. The lowest BCUT2D eigenvalue weighted by molar-refractivity contribution is -0.115. The van der Waals surface area contributed by atoms with E-state index in [0.29, 0.717) is 5.69 Å². The van der Waals surface area contributed by atoms with Gasteiger partial charge in [-0.15, -0.1) is 11.6 Å². The van der Waals surface area contributed by atoms with Gasteiger partial charge in [0.25, 0.3) is 5.91 Å². The van der Waals surface area contributed by atoms with Crippen LogP contribution in [0.15, 0.2) is 24.3 Å². The molecule has 0 bridgehead atoms. The monoisotopic (exact) mass is 259 g/mol. The number of halogens is 2. The molecule has 0 atom stereocenters. The molecule has 0 saturated carbocycles. The van der Waals surface area contributed by atoms with Crippen molar-refractivity contribution in [2.45, 2.75) is 26.2 Å². The Hall–Kier alpha value is -0.730. The SMILES string of the molecule is CC(C)(C)c1ccc(N(Cl)C(=O)CCl)cc1. The first-order chi connectivity index (χ1) is 7.36. The summed E-state index contributed by atoms with van der Waals surface area (Å²) in [5, 5.41) is 0. The van der Waals surface area contributed by atoms with Crippen LogP contribution in [0, 0.1) is 0 Å². The van der Waals surface area contributed by atoms with E-state index in [-0.39, 0.29) is 17.2 Å². The third-order valence-electron chi connectivity index (χ3n) is 2.29. The van der Waals surface area contributed by atoms with Gasteiger partial charge in [0, 0.05) is 11.8 Å². The first kappa shape index (κ1) is 13.3. The molecular formula is C12H15Cl2NO. The maximum absolute atomic E-state index is 11.3. The van der Waals surface area contributed by atoms with Gasteiger partial charge >= 0.3 is 0 Å². The molecule has 0 fully saturated rings. The molecule has 1 amide bonds. The Morgan fingerprint density at radius 2 is 1.75 bits per heavy atom. The fourth-order valence-electron chi connectivity index (χ4n) is 1.29. The third kappa shape index (κ3) is 3.13. The molecule has 4 heteroatoms. The van der Waals surface area contributed by atoms with Crippen LogP contribution in [0.1, 0.15) is 26.3 Å². The van der Waals surface area contributed by atoms with Crippen molar-refractivity contribution < 1.29 is 4.79 Å². The minimum atomic E-state index is -0.327. The van der Waals surface area contributed by atoms with E-state index in [2.05, 4.69) is 20.8 Å². The average Bonchev–Trinajstić information content (AvgIpc) is 2.26. The highest BCUT2D eigenvalue weighted by Gasteiger charge is 2.15. The van der Waals surface area contributed by atoms with Crippen LogP contribution in [0.4, 0.5) is 5.69 Å². The summed E-state index contributed by atoms with van der Waals surface area (Å²) in [4.78, 5) is 11.3. The Kier molecular flexibility index (Phi) is 4.22. The van der Waals surface area contributed by atoms with E-state index in [9.17, 15) is 4.79 Å². The number of carbonyl (C=O) groups is 1. The van der Waals surface area contributed by atoms with E-state index in [4.69, 9.17) is 23.4 Å². The molecule has 2 nitrogen and oxygen atoms in total. The Morgan fingerprint density at radius 3 is 2.12 bits per heavy atom. The molecule has 0 aliphatic carbocycles. The second kappa shape index (κ2) is 5.07. The third-order valence-corrected chi connectivity index (χ3v) is 2.91. The number of nitrogens with zero attached hydrogens (tertiary/aromatic N) is 1. The molecule has 0 spiro atoms. The van der Waals surface area contributed by atoms with Gasteiger partial charge in [0.15, 0.2) is 0 Å². The van der Waals surface area contributed by atoms with Crippen molar-refractivity contribution in [1.82, 2.24) is 0 Å². The molecule has 0 N–H and O–H groups in total. The van der Waals surface area contributed by atoms with E-state index in [1.165, 1.54) is 5.56 Å². The van der Waals surface area contributed by atoms with Gasteiger partial charge in [-0.3, -0.25) is 4.79 Å². The Balaban J connectivity index is 2.91. The summed E-state index contributed by atoms with van der Waals surface area (Å²) in [5.74, 6) is -0.448. The predicted molar refractivity (Wildman–Crippen MR) is 69.2 cm³/mol. The van der Waals surface area contributed by atoms with Gasteiger partial charge in [-0.25, -0.2) is 4.42 Å². The molecule has 0 heterocycles. The molecule has 88 valence electrons. The summed E-state index contributed by atoms with van der Waals surface area (Å²) in [6.07, 6.45) is 0. The van der Waals surface area contributed by atoms with Crippen LogP contribution in [0.25, 0.3) is 0 Å². The number of carbonyl (C=O) groups excluding carboxylic acids is 1. The van der Waals surface area contributed by atoms with Crippen LogP contribution in [0.2, 0.25) is 0 Å². The van der Waals surface area contributed by atoms with Crippen molar-refractivity contribution >= 4 is 35.0 Å². The average molecular weight is 260 g/mol. The lowest BCUT2D eigenvalue weighted by Gasteiger charge is -2.20. The summed E-state index contributed by atoms with van der Waals surface area (Å²) in [6, 6.07) is 7.56. The van der Waals surface area contributed by atoms with Gasteiger partial charge in [0.2, 0.25) is 0 Å². The maximum atomic E-state index is 11.3. The molecular weight excluding hydrogens is 245 g/mol. The van der Waals surface area contributed by atoms with Gasteiger partial charge < -0.3 is 0 Å². The van der Waals surface area contributed by atoms with Crippen LogP contribution in [-0.2, 0) is 10.2 Å². The number of alkyl halides is 1. The van der Waals surface area contributed by atoms with E-state index >= 15 is 0 Å². The van der Waals surface area contributed by atoms with E-state index in [0.717, 1.165) is 4.42 Å². The van der Waals surface area contributed by atoms with Gasteiger partial charge in [0.1, 0.15) is 5.88 Å². The minimum Gasteiger partial charge on any atom is -0.272 e. The highest BCUT2D eigenvalue weighted by atomic mass is 35.5. The Bertz CT molecular complexity index is 368. The van der Waals surface area contributed by atoms with Crippen molar-refractivity contribution in [2.75, 3.05) is 10.3 Å². The van der Waals surface area contributed by atoms with E-state index in [1.807, 2.05) is 24.3 Å². The van der Waals surface area contributed by atoms with Crippen molar-refractivity contribution in [2.24, 2.45) is 0 Å². The topological polar surface area (TPSA) is 20.3 Å². The molecule has 1 aromatic carbocycles. The van der Waals surface area contributed by atoms with Crippen LogP contribution >= 0.6 is 23.4 Å². The van der Waals surface area contributed by atoms with Crippen molar-refractivity contribution in [1.29, 1.82) is 0 Å². The summed E-state index contributed by atoms with van der Waals surface area (Å²) in [5.41, 5.74) is 1.92. The van der Waals surface area contributed by atoms with Crippen LogP contribution in [-0.4, -0.2) is 11.8 Å². The van der Waals surface area contributed by atoms with E-state index in [1.54, 1.807) is 0 Å². The highest BCUT2D eigenvalue weighted by Crippen LogP contribution is 2.25. The van der Waals surface area contributed by atoms with Crippen molar-refractivity contribution in [3.8, 4) is 0 Å². The lowest BCUT2D eigenvalue weighted by atomic mass is 9.87. The van der Waals surface area contributed by atoms with Crippen LogP contribution in [0.3, 0.4) is 0 Å². The van der Waals surface area contributed by atoms with Crippen LogP contribution in [0.5, 0.6) is 0 Å². The number of anilines is 1. The zero-order valence-electron chi connectivity index (χ0n) is 9.63. The molecule has 0 aromatic heterocycles. The fraction of sp³-hybridized carbons (Fsp3) is 0.417. The standard InChI is InChI=1S/C12H15Cl2NO/c1-12(2,3)9-4-6-10(7-5-9)15(14)11(16)8-13/h4-7H,8H2,1-3H3. The van der Waals surface area contributed by atoms with E-state index < -0.39 is 0 Å². The summed E-state index contributed by atoms with van der Waals surface area (Å²) < 4.78 is 1.04. The molecule has 16 heavy (non-hydrogen) atoms. The zero-order valence-corrected chi connectivity index (χ0v) is 11.1. The molecule has 0 unspecified atom stereocenters. The smallest absolute Gasteiger partial charge is 0.256 e. The first-order valence-electron chi connectivity index (χ1n) is 5.01. The molecule has 0 aliphatic heterocycles. The number of hydrogen-bond donors (Lipinski definition) is 0. The Morgan fingerprint density at radius 1 is 1.25 bits per heavy atom. The quantitative estimate of drug-likeness (QED) is 0.586. The zero-order chi connectivity index (χ0) is 12.3.